The monoisotopic (exact) mass is 1790 g/mol. The van der Waals surface area contributed by atoms with Gasteiger partial charge in [-0.05, 0) is 223 Å². The van der Waals surface area contributed by atoms with Crippen LogP contribution in [0.25, 0.3) is 0 Å². The number of quaternary nitrogens is 2. The van der Waals surface area contributed by atoms with Crippen molar-refractivity contribution >= 4 is 68.2 Å². The average Bonchev–Trinajstić information content (AvgIpc) is 1.66. The molecule has 26 nitrogen and oxygen atoms in total. The van der Waals surface area contributed by atoms with Crippen LogP contribution in [0.15, 0.2) is 202 Å². The molecular weight excluding hydrogens is 1650 g/mol. The molecule has 6 aliphatic heterocycles. The van der Waals surface area contributed by atoms with Crippen LogP contribution < -0.4 is 150 Å². The van der Waals surface area contributed by atoms with E-state index < -0.39 is 0 Å². The van der Waals surface area contributed by atoms with Crippen LogP contribution in [0.3, 0.4) is 0 Å². The summed E-state index contributed by atoms with van der Waals surface area (Å²) in [4.78, 5) is 14.2. The van der Waals surface area contributed by atoms with Gasteiger partial charge in [0.2, 0.25) is 19.0 Å². The molecule has 123 heavy (non-hydrogen) atoms. The molecule has 6 fully saturated rings. The molecule has 10 unspecified atom stereocenters. The molecule has 0 spiro atoms. The first kappa shape index (κ1) is 100. The molecule has 0 bridgehead atoms. The van der Waals surface area contributed by atoms with Gasteiger partial charge in [-0.1, -0.05) is 0 Å². The van der Waals surface area contributed by atoms with Gasteiger partial charge in [-0.15, -0.1) is 0 Å². The molecule has 676 valence electrons. The minimum Gasteiger partial charge on any atom is -1.00 e. The number of unbranched alkanes of at least 4 members (excludes halogenated alkanes) is 3. The molecule has 3 aromatic heterocycles. The fourth-order valence-electron chi connectivity index (χ4n) is 18.8. The molecule has 18 N–H and O–H groups in total. The van der Waals surface area contributed by atoms with Crippen molar-refractivity contribution < 1.29 is 105 Å². The smallest absolute Gasteiger partial charge is 0.243 e. The zero-order valence-corrected chi connectivity index (χ0v) is 76.3. The third-order valence-corrected chi connectivity index (χ3v) is 25.9. The number of nitrogens with zero attached hydrogens (tertiary/aromatic N) is 14. The Hall–Kier alpha value is -8.32. The van der Waals surface area contributed by atoms with Crippen LogP contribution in [0.1, 0.15) is 83.5 Å². The molecule has 10 atom stereocenters. The van der Waals surface area contributed by atoms with Crippen LogP contribution in [0.2, 0.25) is 0 Å². The van der Waals surface area contributed by atoms with Gasteiger partial charge >= 0.3 is 0 Å². The van der Waals surface area contributed by atoms with Gasteiger partial charge in [0.05, 0.1) is 130 Å². The van der Waals surface area contributed by atoms with E-state index in [4.69, 9.17) is 34.4 Å². The van der Waals surface area contributed by atoms with Crippen LogP contribution in [-0.2, 0) is 39.3 Å². The van der Waals surface area contributed by atoms with Crippen LogP contribution in [0.5, 0.6) is 0 Å². The van der Waals surface area contributed by atoms with E-state index in [0.29, 0.717) is 37.3 Å². The van der Waals surface area contributed by atoms with Crippen molar-refractivity contribution in [3.8, 4) is 0 Å². The number of halogens is 5. The third kappa shape index (κ3) is 28.3. The molecule has 9 heterocycles. The molecule has 0 aliphatic carbocycles. The van der Waals surface area contributed by atoms with Crippen LogP contribution in [0.4, 0.5) is 68.2 Å². The summed E-state index contributed by atoms with van der Waals surface area (Å²) in [5.41, 5.74) is 46.9. The minimum atomic E-state index is -0.316. The second-order valence-electron chi connectivity index (χ2n) is 35.5. The van der Waals surface area contributed by atoms with Gasteiger partial charge in [-0.3, -0.25) is 0 Å². The first-order valence-electron chi connectivity index (χ1n) is 43.6. The van der Waals surface area contributed by atoms with Crippen molar-refractivity contribution in [1.82, 2.24) is 24.3 Å². The topological polar surface area (TPSA) is 307 Å². The number of imidazole rings is 3. The maximum atomic E-state index is 10.4. The lowest BCUT2D eigenvalue weighted by molar-refractivity contribution is -0.913. The van der Waals surface area contributed by atoms with Crippen LogP contribution in [-0.4, -0.2) is 224 Å². The number of hydrogen-bond acceptors (Lipinski definition) is 18. The fourth-order valence-corrected chi connectivity index (χ4v) is 18.8. The number of β-amino-alcohol motifs (C(OH)–C–C–N with tert-alkyl or cyclic N) is 2. The lowest BCUT2D eigenvalue weighted by atomic mass is 10.1. The Kier molecular flexibility index (Phi) is 38.9. The van der Waals surface area contributed by atoms with E-state index in [1.807, 2.05) is 97.1 Å². The average molecular weight is 1790 g/mol. The highest BCUT2D eigenvalue weighted by Crippen LogP contribution is 2.35. The number of rotatable bonds is 35. The number of likely N-dealkylation sites (N-methyl/N-ethyl adjacent to an activating group) is 2. The van der Waals surface area contributed by atoms with E-state index in [2.05, 4.69) is 200 Å². The number of aromatic nitrogens is 6. The number of benzene rings is 6. The van der Waals surface area contributed by atoms with Crippen molar-refractivity contribution in [3.05, 3.63) is 202 Å². The molecule has 6 saturated heterocycles. The Bertz CT molecular complexity index is 4210. The van der Waals surface area contributed by atoms with E-state index >= 15 is 0 Å². The van der Waals surface area contributed by atoms with Crippen molar-refractivity contribution in [3.63, 3.8) is 0 Å². The number of nitrogens with one attached hydrogen (secondary N) is 2. The molecule has 0 amide bonds. The first-order valence-corrected chi connectivity index (χ1v) is 43.6. The Labute approximate surface area is 761 Å². The van der Waals surface area contributed by atoms with E-state index in [9.17, 15) is 20.4 Å². The molecule has 6 aliphatic rings. The highest BCUT2D eigenvalue weighted by atomic mass is 35.5. The number of aliphatic hydroxyl groups is 4. The van der Waals surface area contributed by atoms with E-state index in [1.165, 1.54) is 49.9 Å². The first-order chi connectivity index (χ1) is 57.0. The summed E-state index contributed by atoms with van der Waals surface area (Å²) in [6.45, 7) is 18.0. The number of nitrogen functional groups attached to an aromatic ring is 6. The van der Waals surface area contributed by atoms with E-state index in [-0.39, 0.29) is 112 Å². The summed E-state index contributed by atoms with van der Waals surface area (Å²) in [6, 6.07) is 51.3. The second-order valence-corrected chi connectivity index (χ2v) is 35.5. The predicted octanol–water partition coefficient (Wildman–Crippen LogP) is -7.98. The molecule has 0 saturated carbocycles. The summed E-state index contributed by atoms with van der Waals surface area (Å²) < 4.78 is 15.5. The zero-order chi connectivity index (χ0) is 82.7. The zero-order valence-electron chi connectivity index (χ0n) is 72.6. The maximum Gasteiger partial charge on any atom is 0.243 e. The van der Waals surface area contributed by atoms with Crippen LogP contribution >= 0.6 is 0 Å². The van der Waals surface area contributed by atoms with Crippen molar-refractivity contribution in [1.29, 1.82) is 0 Å². The largest absolute Gasteiger partial charge is 1.00 e. The predicted molar refractivity (Wildman–Crippen MR) is 479 cm³/mol. The molecule has 9 aromatic rings. The summed E-state index contributed by atoms with van der Waals surface area (Å²) >= 11 is 0. The Morgan fingerprint density at radius 3 is 1.02 bits per heavy atom. The van der Waals surface area contributed by atoms with Gasteiger partial charge in [0.25, 0.3) is 0 Å². The van der Waals surface area contributed by atoms with Gasteiger partial charge < -0.3 is 166 Å². The summed E-state index contributed by atoms with van der Waals surface area (Å²) in [5, 5.41) is 48.4. The quantitative estimate of drug-likeness (QED) is 0.00760. The SMILES string of the molecule is C[N+](C)(CCCCCC[N+](C)(C)C1CC(CO)N(c2ccc(N)cc2)C1)C1CC(CO)N(c2ccc(N)cc2)C1.Nc1ccc(N2CC(O)CC2C[n+]2ccn(CCCn3cc[n+](CC4CC(O)CN4c4ccc(N)cc4)c3)c2)cc1.Nc1ccc(N2CCC(NCCCn3cc[n+](CCCNC4CCN(c5ccc(N)cc5)C4)c3)C2)cc1.[Cl-].[Cl-].[Cl-].[Cl-].[Cl-]. The Morgan fingerprint density at radius 1 is 0.358 bits per heavy atom. The lowest BCUT2D eigenvalue weighted by Crippen LogP contribution is -3.00. The number of hydrogen-bond donors (Lipinski definition) is 12. The van der Waals surface area contributed by atoms with E-state index in [0.717, 1.165) is 216 Å². The normalized spacial score (nSPS) is 21.2. The van der Waals surface area contributed by atoms with Crippen molar-refractivity contribution in [2.45, 2.75) is 183 Å². The van der Waals surface area contributed by atoms with Crippen molar-refractivity contribution in [2.24, 2.45) is 0 Å². The Morgan fingerprint density at radius 2 is 0.667 bits per heavy atom. The van der Waals surface area contributed by atoms with Gasteiger partial charge in [0.15, 0.2) is 0 Å². The van der Waals surface area contributed by atoms with E-state index in [1.54, 1.807) is 0 Å². The van der Waals surface area contributed by atoms with Gasteiger partial charge in [0.1, 0.15) is 62.4 Å². The number of aliphatic hydroxyl groups excluding tert-OH is 4. The highest BCUT2D eigenvalue weighted by molar-refractivity contribution is 5.59. The van der Waals surface area contributed by atoms with Gasteiger partial charge in [-0.25, -0.2) is 27.4 Å². The standard InChI is InChI=1S/C32H54N6O2.C31H42N8O2.C29H43N8.5ClH/c1-37(2,31-19-29(23-39)35(21-31)27-13-9-25(33)10-14-27)17-7-5-6-8-18-38(3,4)32-20-30(24-40)36(22-32)28-15-11-26(34)12-16-28;32-24-2-6-26(7-3-24)38-20-30(40)16-28(38)18-36-14-12-34(22-36)10-1-11-35-13-15-37(23-35)19-29-17-31(41)21-39(29)27-8-4-25(33)5-9-27;30-24-3-7-28(8-4-24)36-17-11-26(21-36)32-13-1-15-34-19-20-35(23-34)16-2-14-33-27-12-18-37(22-27)29-9-5-25(31)6-10-29;;;;;/h9-16,29-32,39-40H,5-8,17-24,33-34H2,1-4H3;2-9,12-15,22-23,28-31,40-41H,1,10-11,16-21,32-33H2;3-10,19-20,23,26-27,32-33H,1-2,11-18,21-22,30-31H2;5*1H/q2*+2;+1;;;;;/p-5. The highest BCUT2D eigenvalue weighted by Gasteiger charge is 2.43. The summed E-state index contributed by atoms with van der Waals surface area (Å²) in [5.74, 6) is 0. The number of aryl methyl sites for hydroxylation is 4. The molecule has 6 aromatic carbocycles. The second kappa shape index (κ2) is 47.8. The summed E-state index contributed by atoms with van der Waals surface area (Å²) in [7, 11) is 9.43. The Balaban J connectivity index is 0.000000225. The third-order valence-electron chi connectivity index (χ3n) is 25.9. The number of anilines is 12. The molecule has 0 radical (unpaired) electrons. The molecular formula is C92H139Cl5N22O4. The minimum absolute atomic E-state index is 0. The van der Waals surface area contributed by atoms with Crippen LogP contribution in [0, 0.1) is 0 Å². The molecule has 31 heteroatoms. The van der Waals surface area contributed by atoms with Gasteiger partial charge in [0, 0.05) is 139 Å². The van der Waals surface area contributed by atoms with Gasteiger partial charge in [-0.2, -0.15) is 0 Å². The summed E-state index contributed by atoms with van der Waals surface area (Å²) in [6.07, 6.45) is 33.1. The maximum absolute atomic E-state index is 10.4. The lowest BCUT2D eigenvalue weighted by Gasteiger charge is -2.37. The molecule has 15 rings (SSSR count). The number of nitrogens with two attached hydrogens (primary N) is 6. The fraction of sp³-hybridized carbons (Fsp3) is 0.511. The van der Waals surface area contributed by atoms with Crippen molar-refractivity contribution in [2.75, 3.05) is 184 Å².